The molecule has 0 amide bonds. The molecular weight excluding hydrogens is 160 g/mol. The van der Waals surface area contributed by atoms with Gasteiger partial charge in [-0.05, 0) is 44.9 Å². The van der Waals surface area contributed by atoms with Crippen molar-refractivity contribution in [1.82, 2.24) is 0 Å². The molecular formula is C12H20O. The van der Waals surface area contributed by atoms with E-state index in [1.54, 1.807) is 0 Å². The predicted molar refractivity (Wildman–Crippen MR) is 56.6 cm³/mol. The van der Waals surface area contributed by atoms with Crippen molar-refractivity contribution in [3.8, 4) is 0 Å². The van der Waals surface area contributed by atoms with E-state index in [2.05, 4.69) is 24.3 Å². The lowest BCUT2D eigenvalue weighted by atomic mass is 10.1. The second-order valence-electron chi connectivity index (χ2n) is 3.68. The Balaban J connectivity index is 2.29. The molecule has 1 nitrogen and oxygen atoms in total. The summed E-state index contributed by atoms with van der Waals surface area (Å²) in [4.78, 5) is 0. The van der Waals surface area contributed by atoms with Crippen molar-refractivity contribution >= 4 is 0 Å². The normalized spacial score (nSPS) is 26.4. The maximum atomic E-state index is 9.54. The minimum Gasteiger partial charge on any atom is -0.393 e. The fourth-order valence-corrected chi connectivity index (χ4v) is 1.57. The molecule has 1 heteroatoms. The predicted octanol–water partition coefficient (Wildman–Crippen LogP) is 3.20. The SMILES string of the molecule is OC1CCC=CCCC=CCCC1. The van der Waals surface area contributed by atoms with Gasteiger partial charge in [-0.15, -0.1) is 0 Å². The van der Waals surface area contributed by atoms with Crippen LogP contribution in [0.4, 0.5) is 0 Å². The molecule has 0 spiro atoms. The highest BCUT2D eigenvalue weighted by Gasteiger charge is 2.01. The smallest absolute Gasteiger partial charge is 0.0543 e. The fourth-order valence-electron chi connectivity index (χ4n) is 1.57. The molecule has 1 aliphatic rings. The van der Waals surface area contributed by atoms with Gasteiger partial charge in [-0.25, -0.2) is 0 Å². The van der Waals surface area contributed by atoms with Gasteiger partial charge in [0.2, 0.25) is 0 Å². The number of rotatable bonds is 0. The van der Waals surface area contributed by atoms with E-state index < -0.39 is 0 Å². The van der Waals surface area contributed by atoms with Gasteiger partial charge in [0.15, 0.2) is 0 Å². The van der Waals surface area contributed by atoms with E-state index >= 15 is 0 Å². The molecule has 0 saturated heterocycles. The van der Waals surface area contributed by atoms with Crippen LogP contribution in [0.3, 0.4) is 0 Å². The van der Waals surface area contributed by atoms with Gasteiger partial charge in [-0.1, -0.05) is 24.3 Å². The third kappa shape index (κ3) is 5.64. The summed E-state index contributed by atoms with van der Waals surface area (Å²) in [5, 5.41) is 9.54. The van der Waals surface area contributed by atoms with Crippen molar-refractivity contribution in [1.29, 1.82) is 0 Å². The summed E-state index contributed by atoms with van der Waals surface area (Å²) >= 11 is 0. The second kappa shape index (κ2) is 6.90. The lowest BCUT2D eigenvalue weighted by Gasteiger charge is -2.07. The van der Waals surface area contributed by atoms with E-state index in [1.807, 2.05) is 0 Å². The fraction of sp³-hybridized carbons (Fsp3) is 0.667. The van der Waals surface area contributed by atoms with E-state index in [0.29, 0.717) is 0 Å². The van der Waals surface area contributed by atoms with Crippen LogP contribution in [-0.4, -0.2) is 11.2 Å². The minimum atomic E-state index is -0.0857. The van der Waals surface area contributed by atoms with Crippen molar-refractivity contribution in [2.45, 2.75) is 51.0 Å². The third-order valence-electron chi connectivity index (χ3n) is 2.41. The Hall–Kier alpha value is -0.560. The Morgan fingerprint density at radius 1 is 0.769 bits per heavy atom. The first-order valence-electron chi connectivity index (χ1n) is 5.37. The van der Waals surface area contributed by atoms with E-state index in [-0.39, 0.29) is 6.10 Å². The highest BCUT2D eigenvalue weighted by Crippen LogP contribution is 2.09. The summed E-state index contributed by atoms with van der Waals surface area (Å²) in [7, 11) is 0. The number of aliphatic hydroxyl groups is 1. The Labute approximate surface area is 81.2 Å². The molecule has 0 fully saturated rings. The maximum absolute atomic E-state index is 9.54. The molecule has 1 unspecified atom stereocenters. The van der Waals surface area contributed by atoms with Gasteiger partial charge < -0.3 is 5.11 Å². The molecule has 0 bridgehead atoms. The first kappa shape index (κ1) is 10.5. The maximum Gasteiger partial charge on any atom is 0.0543 e. The highest BCUT2D eigenvalue weighted by atomic mass is 16.3. The Morgan fingerprint density at radius 2 is 1.38 bits per heavy atom. The number of hydrogen-bond donors (Lipinski definition) is 1. The quantitative estimate of drug-likeness (QED) is 0.567. The van der Waals surface area contributed by atoms with Crippen LogP contribution in [-0.2, 0) is 0 Å². The van der Waals surface area contributed by atoms with Crippen LogP contribution < -0.4 is 0 Å². The molecule has 1 aliphatic carbocycles. The molecule has 0 aliphatic heterocycles. The average Bonchev–Trinajstić information content (AvgIpc) is 2.11. The molecule has 0 aromatic carbocycles. The molecule has 13 heavy (non-hydrogen) atoms. The lowest BCUT2D eigenvalue weighted by molar-refractivity contribution is 0.153. The minimum absolute atomic E-state index is 0.0857. The molecule has 0 aromatic heterocycles. The molecule has 0 aromatic rings. The van der Waals surface area contributed by atoms with Gasteiger partial charge in [0.1, 0.15) is 0 Å². The number of allylic oxidation sites excluding steroid dienone is 4. The summed E-state index contributed by atoms with van der Waals surface area (Å²) in [5.41, 5.74) is 0. The van der Waals surface area contributed by atoms with Crippen LogP contribution in [0.5, 0.6) is 0 Å². The Kier molecular flexibility index (Phi) is 5.59. The van der Waals surface area contributed by atoms with E-state index in [1.165, 1.54) is 6.42 Å². The van der Waals surface area contributed by atoms with Crippen LogP contribution in [0, 0.1) is 0 Å². The highest BCUT2D eigenvalue weighted by molar-refractivity contribution is 4.89. The van der Waals surface area contributed by atoms with E-state index in [4.69, 9.17) is 0 Å². The molecule has 1 rings (SSSR count). The zero-order valence-corrected chi connectivity index (χ0v) is 8.28. The van der Waals surface area contributed by atoms with Crippen molar-refractivity contribution < 1.29 is 5.11 Å². The zero-order chi connectivity index (χ0) is 9.36. The average molecular weight is 180 g/mol. The van der Waals surface area contributed by atoms with Gasteiger partial charge in [0.25, 0.3) is 0 Å². The summed E-state index contributed by atoms with van der Waals surface area (Å²) in [6.07, 6.45) is 16.3. The van der Waals surface area contributed by atoms with Crippen LogP contribution in [0.15, 0.2) is 24.3 Å². The lowest BCUT2D eigenvalue weighted by Crippen LogP contribution is -2.05. The first-order chi connectivity index (χ1) is 6.39. The molecule has 74 valence electrons. The van der Waals surface area contributed by atoms with Crippen molar-refractivity contribution in [2.24, 2.45) is 0 Å². The summed E-state index contributed by atoms with van der Waals surface area (Å²) in [5.74, 6) is 0. The van der Waals surface area contributed by atoms with Gasteiger partial charge in [-0.3, -0.25) is 0 Å². The van der Waals surface area contributed by atoms with Gasteiger partial charge in [0, 0.05) is 0 Å². The summed E-state index contributed by atoms with van der Waals surface area (Å²) in [6.45, 7) is 0. The van der Waals surface area contributed by atoms with Gasteiger partial charge in [0.05, 0.1) is 6.10 Å². The zero-order valence-electron chi connectivity index (χ0n) is 8.28. The number of aliphatic hydroxyl groups excluding tert-OH is 1. The summed E-state index contributed by atoms with van der Waals surface area (Å²) in [6, 6.07) is 0. The topological polar surface area (TPSA) is 20.2 Å². The van der Waals surface area contributed by atoms with Crippen molar-refractivity contribution in [3.63, 3.8) is 0 Å². The second-order valence-corrected chi connectivity index (χ2v) is 3.68. The standard InChI is InChI=1S/C12H20O/c13-12-10-8-6-4-2-1-3-5-7-9-11-12/h2,4-5,7,12-13H,1,3,6,8-11H2. The monoisotopic (exact) mass is 180 g/mol. The van der Waals surface area contributed by atoms with Gasteiger partial charge in [-0.2, -0.15) is 0 Å². The summed E-state index contributed by atoms with van der Waals surface area (Å²) < 4.78 is 0. The Morgan fingerprint density at radius 3 is 2.15 bits per heavy atom. The van der Waals surface area contributed by atoms with Crippen LogP contribution in [0.25, 0.3) is 0 Å². The molecule has 0 saturated carbocycles. The third-order valence-corrected chi connectivity index (χ3v) is 2.41. The molecule has 0 heterocycles. The van der Waals surface area contributed by atoms with Crippen LogP contribution in [0.1, 0.15) is 44.9 Å². The van der Waals surface area contributed by atoms with Gasteiger partial charge >= 0.3 is 0 Å². The largest absolute Gasteiger partial charge is 0.393 e. The molecule has 1 N–H and O–H groups in total. The Bertz CT molecular complexity index is 170. The van der Waals surface area contributed by atoms with Crippen molar-refractivity contribution in [3.05, 3.63) is 24.3 Å². The molecule has 1 atom stereocenters. The first-order valence-corrected chi connectivity index (χ1v) is 5.37. The van der Waals surface area contributed by atoms with Crippen molar-refractivity contribution in [2.75, 3.05) is 0 Å². The van der Waals surface area contributed by atoms with E-state index in [0.717, 1.165) is 38.5 Å². The van der Waals surface area contributed by atoms with E-state index in [9.17, 15) is 5.11 Å². The molecule has 0 radical (unpaired) electrons. The van der Waals surface area contributed by atoms with Crippen LogP contribution >= 0.6 is 0 Å². The number of hydrogen-bond acceptors (Lipinski definition) is 1. The van der Waals surface area contributed by atoms with Crippen LogP contribution in [0.2, 0.25) is 0 Å².